The fourth-order valence-corrected chi connectivity index (χ4v) is 1.63. The van der Waals surface area contributed by atoms with Gasteiger partial charge in [-0.3, -0.25) is 15.1 Å². The minimum Gasteiger partial charge on any atom is -0.448 e. The second kappa shape index (κ2) is 5.64. The van der Waals surface area contributed by atoms with Crippen LogP contribution in [0.5, 0.6) is 11.5 Å². The van der Waals surface area contributed by atoms with Crippen LogP contribution in [0.1, 0.15) is 5.56 Å². The smallest absolute Gasteiger partial charge is 0.311 e. The molecule has 7 heteroatoms. The Morgan fingerprint density at radius 1 is 1.37 bits per heavy atom. The van der Waals surface area contributed by atoms with E-state index in [1.54, 1.807) is 6.07 Å². The van der Waals surface area contributed by atoms with Crippen molar-refractivity contribution in [3.05, 3.63) is 57.4 Å². The number of nitro benzene ring substituents is 1. The molecule has 0 radical (unpaired) electrons. The van der Waals surface area contributed by atoms with Gasteiger partial charge in [-0.05, 0) is 11.6 Å². The molecule has 0 amide bonds. The zero-order valence-electron chi connectivity index (χ0n) is 9.62. The van der Waals surface area contributed by atoms with Crippen molar-refractivity contribution in [3.63, 3.8) is 0 Å². The molecule has 0 saturated heterocycles. The van der Waals surface area contributed by atoms with Gasteiger partial charge in [-0.25, -0.2) is 0 Å². The Balaban J connectivity index is 2.36. The van der Waals surface area contributed by atoms with Crippen molar-refractivity contribution >= 4 is 17.3 Å². The molecule has 0 aliphatic heterocycles. The lowest BCUT2D eigenvalue weighted by Crippen LogP contribution is -1.95. The summed E-state index contributed by atoms with van der Waals surface area (Å²) >= 11 is 5.75. The van der Waals surface area contributed by atoms with Gasteiger partial charge in [0.15, 0.2) is 0 Å². The van der Waals surface area contributed by atoms with Gasteiger partial charge in [-0.15, -0.1) is 0 Å². The predicted molar refractivity (Wildman–Crippen MR) is 68.3 cm³/mol. The maximum atomic E-state index is 10.9. The Hall–Kier alpha value is -2.18. The maximum absolute atomic E-state index is 10.9. The molecule has 6 nitrogen and oxygen atoms in total. The molecular formula is C12H9ClN2O4. The van der Waals surface area contributed by atoms with Crippen LogP contribution in [-0.2, 0) is 6.61 Å². The molecule has 98 valence electrons. The largest absolute Gasteiger partial charge is 0.448 e. The van der Waals surface area contributed by atoms with Gasteiger partial charge in [-0.1, -0.05) is 17.7 Å². The van der Waals surface area contributed by atoms with Crippen LogP contribution >= 0.6 is 11.6 Å². The van der Waals surface area contributed by atoms with Gasteiger partial charge >= 0.3 is 5.69 Å². The lowest BCUT2D eigenvalue weighted by molar-refractivity contribution is -0.385. The summed E-state index contributed by atoms with van der Waals surface area (Å²) in [6.45, 7) is -0.278. The monoisotopic (exact) mass is 280 g/mol. The molecular weight excluding hydrogens is 272 g/mol. The van der Waals surface area contributed by atoms with Crippen LogP contribution in [0, 0.1) is 10.1 Å². The zero-order valence-corrected chi connectivity index (χ0v) is 10.4. The van der Waals surface area contributed by atoms with Gasteiger partial charge in [0.2, 0.25) is 5.75 Å². The Kier molecular flexibility index (Phi) is 3.94. The van der Waals surface area contributed by atoms with Crippen molar-refractivity contribution in [2.75, 3.05) is 0 Å². The van der Waals surface area contributed by atoms with Crippen LogP contribution < -0.4 is 4.74 Å². The second-order valence-corrected chi connectivity index (χ2v) is 4.09. The van der Waals surface area contributed by atoms with Crippen molar-refractivity contribution in [2.24, 2.45) is 0 Å². The van der Waals surface area contributed by atoms with Crippen molar-refractivity contribution in [2.45, 2.75) is 6.61 Å². The van der Waals surface area contributed by atoms with Crippen molar-refractivity contribution in [3.8, 4) is 11.5 Å². The van der Waals surface area contributed by atoms with Crippen LogP contribution in [0.15, 0.2) is 36.7 Å². The van der Waals surface area contributed by atoms with Crippen molar-refractivity contribution in [1.29, 1.82) is 0 Å². The second-order valence-electron chi connectivity index (χ2n) is 3.66. The number of hydrogen-bond acceptors (Lipinski definition) is 5. The molecule has 0 fully saturated rings. The van der Waals surface area contributed by atoms with E-state index in [-0.39, 0.29) is 18.0 Å². The number of rotatable bonds is 4. The number of hydrogen-bond donors (Lipinski definition) is 1. The highest BCUT2D eigenvalue weighted by molar-refractivity contribution is 6.30. The predicted octanol–water partition coefficient (Wildman–Crippen LogP) is 2.93. The number of halogens is 1. The molecule has 0 aliphatic rings. The lowest BCUT2D eigenvalue weighted by Gasteiger charge is -2.07. The number of benzene rings is 1. The molecule has 0 spiro atoms. The number of ether oxygens (including phenoxy) is 1. The first-order chi connectivity index (χ1) is 9.10. The number of pyridine rings is 1. The van der Waals surface area contributed by atoms with Gasteiger partial charge in [0.1, 0.15) is 5.75 Å². The minimum atomic E-state index is -0.577. The molecule has 1 aromatic carbocycles. The number of aliphatic hydroxyl groups excluding tert-OH is 1. The van der Waals surface area contributed by atoms with E-state index in [1.165, 1.54) is 30.6 Å². The number of nitro groups is 1. The summed E-state index contributed by atoms with van der Waals surface area (Å²) in [6.07, 6.45) is 2.83. The molecule has 0 aliphatic carbocycles. The summed E-state index contributed by atoms with van der Waals surface area (Å²) in [5.74, 6) is 0.360. The van der Waals surface area contributed by atoms with Crippen LogP contribution in [0.3, 0.4) is 0 Å². The van der Waals surface area contributed by atoms with Gasteiger partial charge in [0.05, 0.1) is 22.7 Å². The lowest BCUT2D eigenvalue weighted by atomic mass is 10.2. The molecule has 1 N–H and O–H groups in total. The van der Waals surface area contributed by atoms with Gasteiger partial charge < -0.3 is 9.84 Å². The van der Waals surface area contributed by atoms with E-state index in [9.17, 15) is 10.1 Å². The van der Waals surface area contributed by atoms with E-state index in [1.807, 2.05) is 0 Å². The number of nitrogens with zero attached hydrogens (tertiary/aromatic N) is 2. The molecule has 1 aromatic heterocycles. The first kappa shape index (κ1) is 13.3. The molecule has 2 rings (SSSR count). The molecule has 0 unspecified atom stereocenters. The van der Waals surface area contributed by atoms with Gasteiger partial charge in [0, 0.05) is 18.3 Å². The van der Waals surface area contributed by atoms with E-state index < -0.39 is 4.92 Å². The summed E-state index contributed by atoms with van der Waals surface area (Å²) in [4.78, 5) is 14.2. The third-order valence-corrected chi connectivity index (χ3v) is 2.52. The summed E-state index contributed by atoms with van der Waals surface area (Å²) in [5, 5.41) is 20.3. The average Bonchev–Trinajstić information content (AvgIpc) is 2.39. The van der Waals surface area contributed by atoms with Crippen LogP contribution in [-0.4, -0.2) is 15.0 Å². The van der Waals surface area contributed by atoms with Crippen LogP contribution in [0.2, 0.25) is 5.02 Å². The fraction of sp³-hybridized carbons (Fsp3) is 0.0833. The standard InChI is InChI=1S/C12H9ClN2O4/c13-9-4-10(6-14-5-9)19-12-2-1-8(7-16)3-11(12)15(17)18/h1-6,16H,7H2. The maximum Gasteiger partial charge on any atom is 0.311 e. The molecule has 1 heterocycles. The highest BCUT2D eigenvalue weighted by Crippen LogP contribution is 2.32. The van der Waals surface area contributed by atoms with E-state index in [0.717, 1.165) is 0 Å². The normalized spacial score (nSPS) is 10.2. The van der Waals surface area contributed by atoms with E-state index in [2.05, 4.69) is 4.98 Å². The summed E-state index contributed by atoms with van der Waals surface area (Å²) < 4.78 is 5.38. The molecule has 0 bridgehead atoms. The van der Waals surface area contributed by atoms with Crippen molar-refractivity contribution in [1.82, 2.24) is 4.98 Å². The fourth-order valence-electron chi connectivity index (χ4n) is 1.47. The Labute approximate surface area is 113 Å². The molecule has 0 atom stereocenters. The van der Waals surface area contributed by atoms with Crippen LogP contribution in [0.25, 0.3) is 0 Å². The minimum absolute atomic E-state index is 0.0614. The van der Waals surface area contributed by atoms with Gasteiger partial charge in [0.25, 0.3) is 0 Å². The van der Waals surface area contributed by atoms with Crippen LogP contribution in [0.4, 0.5) is 5.69 Å². The molecule has 2 aromatic rings. The summed E-state index contributed by atoms with van der Waals surface area (Å²) in [6, 6.07) is 5.72. The summed E-state index contributed by atoms with van der Waals surface area (Å²) in [5.41, 5.74) is 0.204. The highest BCUT2D eigenvalue weighted by Gasteiger charge is 2.16. The first-order valence-corrected chi connectivity index (χ1v) is 5.64. The zero-order chi connectivity index (χ0) is 13.8. The van der Waals surface area contributed by atoms with Gasteiger partial charge in [-0.2, -0.15) is 0 Å². The molecule has 19 heavy (non-hydrogen) atoms. The quantitative estimate of drug-likeness (QED) is 0.687. The third-order valence-electron chi connectivity index (χ3n) is 2.31. The molecule has 0 saturated carbocycles. The number of aliphatic hydroxyl groups is 1. The van der Waals surface area contributed by atoms with Crippen molar-refractivity contribution < 1.29 is 14.8 Å². The van der Waals surface area contributed by atoms with E-state index in [0.29, 0.717) is 16.3 Å². The first-order valence-electron chi connectivity index (χ1n) is 5.26. The average molecular weight is 281 g/mol. The number of aromatic nitrogens is 1. The van der Waals surface area contributed by atoms with E-state index >= 15 is 0 Å². The highest BCUT2D eigenvalue weighted by atomic mass is 35.5. The Bertz CT molecular complexity index is 618. The van der Waals surface area contributed by atoms with E-state index in [4.69, 9.17) is 21.4 Å². The summed E-state index contributed by atoms with van der Waals surface area (Å²) in [7, 11) is 0. The Morgan fingerprint density at radius 2 is 2.16 bits per heavy atom. The topological polar surface area (TPSA) is 85.5 Å². The Morgan fingerprint density at radius 3 is 2.79 bits per heavy atom. The third kappa shape index (κ3) is 3.18. The SMILES string of the molecule is O=[N+]([O-])c1cc(CO)ccc1Oc1cncc(Cl)c1.